The zero-order chi connectivity index (χ0) is 27.4. The van der Waals surface area contributed by atoms with E-state index in [0.29, 0.717) is 35.3 Å². The molecule has 1 atom stereocenters. The van der Waals surface area contributed by atoms with Gasteiger partial charge in [-0.1, -0.05) is 55.8 Å². The molecular weight excluding hydrogens is 493 g/mol. The molecule has 1 N–H and O–H groups in total. The van der Waals surface area contributed by atoms with Crippen molar-refractivity contribution in [3.05, 3.63) is 100 Å². The van der Waals surface area contributed by atoms with Crippen LogP contribution in [0.25, 0.3) is 16.6 Å². The van der Waals surface area contributed by atoms with E-state index in [1.807, 2.05) is 45.0 Å². The monoisotopic (exact) mass is 522 g/mol. The van der Waals surface area contributed by atoms with E-state index in [4.69, 9.17) is 4.98 Å². The number of hydrogen-bond donors (Lipinski definition) is 1. The lowest BCUT2D eigenvalue weighted by atomic mass is 10.1. The van der Waals surface area contributed by atoms with Crippen LogP contribution in [0.3, 0.4) is 0 Å². The van der Waals surface area contributed by atoms with Crippen molar-refractivity contribution in [2.75, 3.05) is 11.9 Å². The Hall–Kier alpha value is -4.14. The first-order chi connectivity index (χ1) is 18.2. The third kappa shape index (κ3) is 5.41. The summed E-state index contributed by atoms with van der Waals surface area (Å²) in [5.41, 5.74) is 0.536. The molecule has 0 saturated carbocycles. The van der Waals surface area contributed by atoms with E-state index < -0.39 is 23.8 Å². The molecule has 0 fully saturated rings. The number of nitrogens with zero attached hydrogens (tertiary/aromatic N) is 3. The normalized spacial score (nSPS) is 12.4. The molecular formula is C29H29F3N4O2. The van der Waals surface area contributed by atoms with Crippen molar-refractivity contribution in [2.45, 2.75) is 45.8 Å². The van der Waals surface area contributed by atoms with Crippen LogP contribution in [0.4, 0.5) is 23.7 Å². The van der Waals surface area contributed by atoms with E-state index >= 15 is 0 Å². The maximum absolute atomic E-state index is 13.7. The number of amides is 2. The smallest absolute Gasteiger partial charge is 0.314 e. The predicted octanol–water partition coefficient (Wildman–Crippen LogP) is 7.11. The number of carbonyl (C=O) groups is 1. The number of anilines is 1. The molecule has 6 nitrogen and oxygen atoms in total. The van der Waals surface area contributed by atoms with Crippen LogP contribution in [-0.2, 0) is 6.18 Å². The second-order valence-electron chi connectivity index (χ2n) is 9.05. The van der Waals surface area contributed by atoms with Gasteiger partial charge in [0.1, 0.15) is 5.82 Å². The standard InChI is InChI=1S/C29H29F3N4O2/c1-4-18-35(28(38)34-24-13-9-7-11-22(24)29(30,31)32)25(5-2)26-33-23-12-8-6-10-21(23)27(37)36(26)20-16-14-19(3)15-17-20/h6-17,25H,4-5,18H2,1-3H3,(H,34,38). The molecule has 4 rings (SSSR count). The molecule has 0 spiro atoms. The van der Waals surface area contributed by atoms with Gasteiger partial charge in [-0.2, -0.15) is 13.2 Å². The minimum Gasteiger partial charge on any atom is -0.314 e. The van der Waals surface area contributed by atoms with Gasteiger partial charge in [-0.15, -0.1) is 0 Å². The molecule has 0 aliphatic heterocycles. The number of alkyl halides is 3. The zero-order valence-corrected chi connectivity index (χ0v) is 21.4. The second kappa shape index (κ2) is 11.1. The van der Waals surface area contributed by atoms with Gasteiger partial charge >= 0.3 is 12.2 Å². The molecule has 3 aromatic carbocycles. The largest absolute Gasteiger partial charge is 0.418 e. The number of carbonyl (C=O) groups excluding carboxylic acids is 1. The van der Waals surface area contributed by atoms with E-state index in [1.165, 1.54) is 27.7 Å². The first-order valence-electron chi connectivity index (χ1n) is 12.5. The molecule has 0 saturated heterocycles. The first kappa shape index (κ1) is 26.9. The summed E-state index contributed by atoms with van der Waals surface area (Å²) in [5, 5.41) is 2.88. The minimum absolute atomic E-state index is 0.245. The summed E-state index contributed by atoms with van der Waals surface area (Å²) in [6, 6.07) is 17.8. The van der Waals surface area contributed by atoms with E-state index in [9.17, 15) is 22.8 Å². The van der Waals surface area contributed by atoms with E-state index in [-0.39, 0.29) is 17.8 Å². The van der Waals surface area contributed by atoms with E-state index in [2.05, 4.69) is 5.32 Å². The average Bonchev–Trinajstić information content (AvgIpc) is 2.89. The Balaban J connectivity index is 1.85. The van der Waals surface area contributed by atoms with Crippen LogP contribution in [0.1, 0.15) is 49.7 Å². The maximum Gasteiger partial charge on any atom is 0.418 e. The van der Waals surface area contributed by atoms with Gasteiger partial charge in [-0.05, 0) is 56.2 Å². The van der Waals surface area contributed by atoms with Gasteiger partial charge in [0.15, 0.2) is 0 Å². The van der Waals surface area contributed by atoms with Gasteiger partial charge in [0.2, 0.25) is 0 Å². The molecule has 4 aromatic rings. The van der Waals surface area contributed by atoms with Crippen LogP contribution in [0.5, 0.6) is 0 Å². The number of para-hydroxylation sites is 2. The molecule has 2 amide bonds. The van der Waals surface area contributed by atoms with Gasteiger partial charge in [0, 0.05) is 6.54 Å². The van der Waals surface area contributed by atoms with Crippen LogP contribution in [0, 0.1) is 6.92 Å². The fraction of sp³-hybridized carbons (Fsp3) is 0.276. The highest BCUT2D eigenvalue weighted by Crippen LogP contribution is 2.35. The predicted molar refractivity (Wildman–Crippen MR) is 143 cm³/mol. The lowest BCUT2D eigenvalue weighted by Gasteiger charge is -2.32. The Bertz CT molecular complexity index is 1500. The number of hydrogen-bond acceptors (Lipinski definition) is 3. The number of rotatable bonds is 7. The Morgan fingerprint density at radius 3 is 2.32 bits per heavy atom. The van der Waals surface area contributed by atoms with Gasteiger partial charge < -0.3 is 10.2 Å². The third-order valence-corrected chi connectivity index (χ3v) is 6.35. The van der Waals surface area contributed by atoms with Crippen molar-refractivity contribution in [1.82, 2.24) is 14.5 Å². The van der Waals surface area contributed by atoms with Crippen molar-refractivity contribution in [2.24, 2.45) is 0 Å². The molecule has 0 aliphatic carbocycles. The Morgan fingerprint density at radius 2 is 1.66 bits per heavy atom. The van der Waals surface area contributed by atoms with Gasteiger partial charge in [-0.25, -0.2) is 9.78 Å². The Labute approximate surface area is 218 Å². The fourth-order valence-corrected chi connectivity index (χ4v) is 4.53. The van der Waals surface area contributed by atoms with Crippen LogP contribution in [0.15, 0.2) is 77.6 Å². The van der Waals surface area contributed by atoms with Gasteiger partial charge in [0.25, 0.3) is 5.56 Å². The molecule has 198 valence electrons. The van der Waals surface area contributed by atoms with Crippen molar-refractivity contribution < 1.29 is 18.0 Å². The highest BCUT2D eigenvalue weighted by atomic mass is 19.4. The summed E-state index contributed by atoms with van der Waals surface area (Å²) >= 11 is 0. The topological polar surface area (TPSA) is 67.2 Å². The molecule has 0 aliphatic rings. The highest BCUT2D eigenvalue weighted by molar-refractivity contribution is 5.90. The number of aromatic nitrogens is 2. The summed E-state index contributed by atoms with van der Waals surface area (Å²) in [4.78, 5) is 33.5. The van der Waals surface area contributed by atoms with Crippen LogP contribution >= 0.6 is 0 Å². The quantitative estimate of drug-likeness (QED) is 0.281. The lowest BCUT2D eigenvalue weighted by Crippen LogP contribution is -2.41. The summed E-state index contributed by atoms with van der Waals surface area (Å²) in [6.45, 7) is 5.91. The van der Waals surface area contributed by atoms with Crippen molar-refractivity contribution in [3.8, 4) is 5.69 Å². The van der Waals surface area contributed by atoms with Crippen molar-refractivity contribution in [3.63, 3.8) is 0 Å². The second-order valence-corrected chi connectivity index (χ2v) is 9.05. The molecule has 9 heteroatoms. The minimum atomic E-state index is -4.63. The Kier molecular flexibility index (Phi) is 7.85. The van der Waals surface area contributed by atoms with E-state index in [0.717, 1.165) is 11.6 Å². The number of nitrogens with one attached hydrogen (secondary N) is 1. The molecule has 1 heterocycles. The van der Waals surface area contributed by atoms with Crippen LogP contribution in [-0.4, -0.2) is 27.0 Å². The number of urea groups is 1. The lowest BCUT2D eigenvalue weighted by molar-refractivity contribution is -0.136. The summed E-state index contributed by atoms with van der Waals surface area (Å²) in [6.07, 6.45) is -3.70. The Morgan fingerprint density at radius 1 is 1.00 bits per heavy atom. The molecule has 1 aromatic heterocycles. The number of halogens is 3. The first-order valence-corrected chi connectivity index (χ1v) is 12.5. The molecule has 38 heavy (non-hydrogen) atoms. The molecule has 0 radical (unpaired) electrons. The summed E-state index contributed by atoms with van der Waals surface area (Å²) in [7, 11) is 0. The number of aryl methyl sites for hydroxylation is 1. The van der Waals surface area contributed by atoms with E-state index in [1.54, 1.807) is 24.3 Å². The zero-order valence-electron chi connectivity index (χ0n) is 21.4. The molecule has 1 unspecified atom stereocenters. The van der Waals surface area contributed by atoms with Crippen molar-refractivity contribution >= 4 is 22.6 Å². The maximum atomic E-state index is 13.7. The number of fused-ring (bicyclic) bond motifs is 1. The SMILES string of the molecule is CCCN(C(=O)Nc1ccccc1C(F)(F)F)C(CC)c1nc2ccccc2c(=O)n1-c1ccc(C)cc1. The van der Waals surface area contributed by atoms with Crippen LogP contribution in [0.2, 0.25) is 0 Å². The fourth-order valence-electron chi connectivity index (χ4n) is 4.53. The molecule has 0 bridgehead atoms. The summed E-state index contributed by atoms with van der Waals surface area (Å²) in [5.74, 6) is 0.341. The third-order valence-electron chi connectivity index (χ3n) is 6.35. The average molecular weight is 523 g/mol. The highest BCUT2D eigenvalue weighted by Gasteiger charge is 2.35. The van der Waals surface area contributed by atoms with Gasteiger partial charge in [0.05, 0.1) is 33.9 Å². The number of benzene rings is 3. The summed E-state index contributed by atoms with van der Waals surface area (Å²) < 4.78 is 42.3. The van der Waals surface area contributed by atoms with Crippen LogP contribution < -0.4 is 10.9 Å². The van der Waals surface area contributed by atoms with Crippen molar-refractivity contribution in [1.29, 1.82) is 0 Å². The van der Waals surface area contributed by atoms with Gasteiger partial charge in [-0.3, -0.25) is 9.36 Å².